The van der Waals surface area contributed by atoms with Crippen molar-refractivity contribution in [2.24, 2.45) is 0 Å². The van der Waals surface area contributed by atoms with Gasteiger partial charge in [0, 0.05) is 37.4 Å². The first-order chi connectivity index (χ1) is 16.4. The minimum atomic E-state index is -0.0595. The zero-order valence-electron chi connectivity index (χ0n) is 20.3. The number of ether oxygens (including phenoxy) is 1. The van der Waals surface area contributed by atoms with Gasteiger partial charge in [-0.1, -0.05) is 29.3 Å². The summed E-state index contributed by atoms with van der Waals surface area (Å²) in [6.45, 7) is 11.9. The predicted molar refractivity (Wildman–Crippen MR) is 144 cm³/mol. The zero-order chi connectivity index (χ0) is 24.1. The molecule has 1 fully saturated rings. The van der Waals surface area contributed by atoms with E-state index in [-0.39, 0.29) is 5.56 Å². The van der Waals surface area contributed by atoms with Crippen LogP contribution in [0.4, 0.5) is 5.69 Å². The van der Waals surface area contributed by atoms with Crippen molar-refractivity contribution in [2.45, 2.75) is 33.7 Å². The Bertz CT molecular complexity index is 1200. The molecule has 0 saturated carbocycles. The maximum Gasteiger partial charge on any atom is 0.253 e. The van der Waals surface area contributed by atoms with Crippen molar-refractivity contribution in [2.75, 3.05) is 44.7 Å². The molecule has 0 atom stereocenters. The maximum absolute atomic E-state index is 13.0. The van der Waals surface area contributed by atoms with Gasteiger partial charge in [0.05, 0.1) is 25.3 Å². The minimum Gasteiger partial charge on any atom is -0.379 e. The van der Waals surface area contributed by atoms with Crippen LogP contribution in [0.25, 0.3) is 10.9 Å². The van der Waals surface area contributed by atoms with Crippen molar-refractivity contribution in [1.82, 2.24) is 14.8 Å². The van der Waals surface area contributed by atoms with E-state index in [0.717, 1.165) is 73.5 Å². The van der Waals surface area contributed by atoms with E-state index in [1.54, 1.807) is 0 Å². The number of H-pyrrole nitrogens is 1. The fraction of sp³-hybridized carbons (Fsp3) is 0.407. The van der Waals surface area contributed by atoms with Gasteiger partial charge in [-0.15, -0.1) is 0 Å². The Morgan fingerprint density at radius 2 is 1.82 bits per heavy atom. The van der Waals surface area contributed by atoms with Gasteiger partial charge in [-0.3, -0.25) is 9.69 Å². The van der Waals surface area contributed by atoms with E-state index in [4.69, 9.17) is 17.0 Å². The van der Waals surface area contributed by atoms with E-state index in [1.165, 1.54) is 11.1 Å². The SMILES string of the molecule is Cc1ccc(NC(=S)N(CCCN2CCOCC2)Cc2cc3cc(C)cc(C)c3[nH]c2=O)cc1. The Kier molecular flexibility index (Phi) is 7.98. The summed E-state index contributed by atoms with van der Waals surface area (Å²) < 4.78 is 5.46. The normalized spacial score (nSPS) is 14.3. The molecule has 4 rings (SSSR count). The van der Waals surface area contributed by atoms with Gasteiger partial charge < -0.3 is 19.9 Å². The number of nitrogens with one attached hydrogen (secondary N) is 2. The quantitative estimate of drug-likeness (QED) is 0.492. The highest BCUT2D eigenvalue weighted by Crippen LogP contribution is 2.19. The average Bonchev–Trinajstić information content (AvgIpc) is 2.81. The number of aromatic nitrogens is 1. The van der Waals surface area contributed by atoms with Crippen LogP contribution in [0.3, 0.4) is 0 Å². The summed E-state index contributed by atoms with van der Waals surface area (Å²) >= 11 is 5.81. The first-order valence-corrected chi connectivity index (χ1v) is 12.4. The highest BCUT2D eigenvalue weighted by Gasteiger charge is 2.16. The van der Waals surface area contributed by atoms with Crippen LogP contribution < -0.4 is 10.9 Å². The summed E-state index contributed by atoms with van der Waals surface area (Å²) in [5.74, 6) is 0. The Labute approximate surface area is 206 Å². The van der Waals surface area contributed by atoms with E-state index >= 15 is 0 Å². The molecule has 1 aliphatic heterocycles. The van der Waals surface area contributed by atoms with Crippen molar-refractivity contribution >= 4 is 33.9 Å². The van der Waals surface area contributed by atoms with E-state index in [9.17, 15) is 4.79 Å². The van der Waals surface area contributed by atoms with Gasteiger partial charge in [0.1, 0.15) is 0 Å². The lowest BCUT2D eigenvalue weighted by molar-refractivity contribution is 0.0367. The highest BCUT2D eigenvalue weighted by atomic mass is 32.1. The fourth-order valence-electron chi connectivity index (χ4n) is 4.46. The molecule has 0 amide bonds. The molecule has 1 saturated heterocycles. The number of anilines is 1. The average molecular weight is 479 g/mol. The lowest BCUT2D eigenvalue weighted by Crippen LogP contribution is -2.40. The third-order valence-corrected chi connectivity index (χ3v) is 6.69. The Morgan fingerprint density at radius 3 is 2.56 bits per heavy atom. The first-order valence-electron chi connectivity index (χ1n) is 11.9. The van der Waals surface area contributed by atoms with Crippen LogP contribution in [-0.2, 0) is 11.3 Å². The molecular formula is C27H34N4O2S. The number of morpholine rings is 1. The van der Waals surface area contributed by atoms with E-state index in [1.807, 2.05) is 25.1 Å². The van der Waals surface area contributed by atoms with Crippen LogP contribution in [0.5, 0.6) is 0 Å². The standard InChI is InChI=1S/C27H34N4O2S/c1-19-5-7-24(8-6-19)28-27(34)31(10-4-9-30-11-13-33-14-12-30)18-23-17-22-16-20(2)15-21(3)25(22)29-26(23)32/h5-8,15-17H,4,9-14,18H2,1-3H3,(H,28,34)(H,29,32). The van der Waals surface area contributed by atoms with Gasteiger partial charge >= 0.3 is 0 Å². The number of pyridine rings is 1. The molecule has 0 bridgehead atoms. The molecule has 0 spiro atoms. The van der Waals surface area contributed by atoms with Crippen molar-refractivity contribution in [3.05, 3.63) is 75.1 Å². The van der Waals surface area contributed by atoms with Crippen molar-refractivity contribution in [3.8, 4) is 0 Å². The number of aryl methyl sites for hydroxylation is 3. The van der Waals surface area contributed by atoms with Gasteiger partial charge in [0.15, 0.2) is 5.11 Å². The lowest BCUT2D eigenvalue weighted by Gasteiger charge is -2.29. The topological polar surface area (TPSA) is 60.6 Å². The second kappa shape index (κ2) is 11.1. The molecule has 34 heavy (non-hydrogen) atoms. The second-order valence-corrected chi connectivity index (χ2v) is 9.58. The summed E-state index contributed by atoms with van der Waals surface area (Å²) in [5.41, 5.74) is 5.98. The van der Waals surface area contributed by atoms with Crippen molar-refractivity contribution < 1.29 is 4.74 Å². The molecule has 0 radical (unpaired) electrons. The molecule has 2 N–H and O–H groups in total. The Balaban J connectivity index is 1.53. The van der Waals surface area contributed by atoms with Gasteiger partial charge in [0.2, 0.25) is 0 Å². The monoisotopic (exact) mass is 478 g/mol. The third-order valence-electron chi connectivity index (χ3n) is 6.33. The summed E-state index contributed by atoms with van der Waals surface area (Å²) in [6.07, 6.45) is 0.958. The summed E-state index contributed by atoms with van der Waals surface area (Å²) in [4.78, 5) is 20.6. The number of hydrogen-bond acceptors (Lipinski definition) is 4. The number of fused-ring (bicyclic) bond motifs is 1. The summed E-state index contributed by atoms with van der Waals surface area (Å²) in [6, 6.07) is 14.4. The molecule has 2 heterocycles. The summed E-state index contributed by atoms with van der Waals surface area (Å²) in [5, 5.41) is 5.05. The molecule has 7 heteroatoms. The maximum atomic E-state index is 13.0. The van der Waals surface area contributed by atoms with E-state index < -0.39 is 0 Å². The van der Waals surface area contributed by atoms with Crippen LogP contribution in [0.15, 0.2) is 47.3 Å². The van der Waals surface area contributed by atoms with Gasteiger partial charge in [-0.05, 0) is 74.6 Å². The molecular weight excluding hydrogens is 444 g/mol. The van der Waals surface area contributed by atoms with E-state index in [0.29, 0.717) is 11.7 Å². The number of rotatable bonds is 7. The predicted octanol–water partition coefficient (Wildman–Crippen LogP) is 4.37. The largest absolute Gasteiger partial charge is 0.379 e. The van der Waals surface area contributed by atoms with Crippen LogP contribution >= 0.6 is 12.2 Å². The molecule has 6 nitrogen and oxygen atoms in total. The second-order valence-electron chi connectivity index (χ2n) is 9.20. The molecule has 0 unspecified atom stereocenters. The molecule has 0 aliphatic carbocycles. The molecule has 1 aromatic heterocycles. The molecule has 2 aromatic carbocycles. The third kappa shape index (κ3) is 6.23. The van der Waals surface area contributed by atoms with Crippen molar-refractivity contribution in [1.29, 1.82) is 0 Å². The lowest BCUT2D eigenvalue weighted by atomic mass is 10.1. The van der Waals surface area contributed by atoms with Gasteiger partial charge in [0.25, 0.3) is 5.56 Å². The number of aromatic amines is 1. The van der Waals surface area contributed by atoms with Crippen LogP contribution in [-0.4, -0.2) is 59.3 Å². The van der Waals surface area contributed by atoms with Crippen LogP contribution in [0.2, 0.25) is 0 Å². The number of benzene rings is 2. The van der Waals surface area contributed by atoms with Crippen LogP contribution in [0.1, 0.15) is 28.7 Å². The molecule has 1 aliphatic rings. The fourth-order valence-corrected chi connectivity index (χ4v) is 4.73. The summed E-state index contributed by atoms with van der Waals surface area (Å²) in [7, 11) is 0. The number of hydrogen-bond donors (Lipinski definition) is 2. The first kappa shape index (κ1) is 24.4. The smallest absolute Gasteiger partial charge is 0.253 e. The van der Waals surface area contributed by atoms with Gasteiger partial charge in [-0.25, -0.2) is 0 Å². The molecule has 3 aromatic rings. The zero-order valence-corrected chi connectivity index (χ0v) is 21.1. The highest BCUT2D eigenvalue weighted by molar-refractivity contribution is 7.80. The molecule has 180 valence electrons. The van der Waals surface area contributed by atoms with E-state index in [2.05, 4.69) is 58.2 Å². The minimum absolute atomic E-state index is 0.0595. The van der Waals surface area contributed by atoms with Gasteiger partial charge in [-0.2, -0.15) is 0 Å². The number of nitrogens with zero attached hydrogens (tertiary/aromatic N) is 2. The Morgan fingerprint density at radius 1 is 1.09 bits per heavy atom. The van der Waals surface area contributed by atoms with Crippen molar-refractivity contribution in [3.63, 3.8) is 0 Å². The number of thiocarbonyl (C=S) groups is 1. The Hall–Kier alpha value is -2.74. The van der Waals surface area contributed by atoms with Crippen LogP contribution in [0, 0.1) is 20.8 Å².